The van der Waals surface area contributed by atoms with Crippen LogP contribution in [0.3, 0.4) is 0 Å². The van der Waals surface area contributed by atoms with Crippen molar-refractivity contribution >= 4 is 11.6 Å². The zero-order valence-electron chi connectivity index (χ0n) is 11.4. The summed E-state index contributed by atoms with van der Waals surface area (Å²) in [6.45, 7) is 6.34. The van der Waals surface area contributed by atoms with Crippen molar-refractivity contribution in [2.75, 3.05) is 19.1 Å². The quantitative estimate of drug-likeness (QED) is 0.483. The Kier molecular flexibility index (Phi) is 4.77. The van der Waals surface area contributed by atoms with Gasteiger partial charge < -0.3 is 4.74 Å². The van der Waals surface area contributed by atoms with Gasteiger partial charge in [0.1, 0.15) is 0 Å². The average Bonchev–Trinajstić information content (AvgIpc) is 2.88. The molecule has 0 radical (unpaired) electrons. The number of fused-ring (bicyclic) bond motifs is 2. The second-order valence-electron chi connectivity index (χ2n) is 6.62. The minimum absolute atomic E-state index is 0.433. The molecular weight excluding hydrogens is 232 g/mol. The lowest BCUT2D eigenvalue weighted by Gasteiger charge is -2.36. The van der Waals surface area contributed by atoms with E-state index in [0.717, 1.165) is 36.8 Å². The summed E-state index contributed by atoms with van der Waals surface area (Å²) in [5.74, 6) is 3.48. The van der Waals surface area contributed by atoms with Crippen LogP contribution >= 0.6 is 11.6 Å². The van der Waals surface area contributed by atoms with Crippen molar-refractivity contribution in [2.24, 2.45) is 23.2 Å². The molecule has 0 aromatic carbocycles. The number of ether oxygens (including phenoxy) is 1. The van der Waals surface area contributed by atoms with Crippen molar-refractivity contribution < 1.29 is 4.74 Å². The summed E-state index contributed by atoms with van der Waals surface area (Å²) in [5, 5.41) is 0. The molecule has 0 spiro atoms. The van der Waals surface area contributed by atoms with Crippen molar-refractivity contribution in [3.63, 3.8) is 0 Å². The first kappa shape index (κ1) is 13.7. The molecule has 2 rings (SSSR count). The first-order valence-electron chi connectivity index (χ1n) is 7.30. The third kappa shape index (κ3) is 3.17. The van der Waals surface area contributed by atoms with E-state index < -0.39 is 0 Å². The van der Waals surface area contributed by atoms with Gasteiger partial charge in [0.25, 0.3) is 0 Å². The molecule has 3 atom stereocenters. The van der Waals surface area contributed by atoms with E-state index in [1.807, 2.05) is 0 Å². The maximum atomic E-state index is 6.27. The molecule has 2 aliphatic rings. The Hall–Kier alpha value is 0.250. The van der Waals surface area contributed by atoms with Crippen LogP contribution in [0.1, 0.15) is 52.4 Å². The van der Waals surface area contributed by atoms with Crippen LogP contribution in [0.25, 0.3) is 0 Å². The van der Waals surface area contributed by atoms with Gasteiger partial charge in [0, 0.05) is 19.1 Å². The number of halogens is 1. The minimum atomic E-state index is 0.433. The Morgan fingerprint density at radius 2 is 2.12 bits per heavy atom. The summed E-state index contributed by atoms with van der Waals surface area (Å²) in [4.78, 5) is 0. The highest BCUT2D eigenvalue weighted by molar-refractivity contribution is 6.18. The maximum Gasteiger partial charge on any atom is 0.0471 e. The smallest absolute Gasteiger partial charge is 0.0471 e. The van der Waals surface area contributed by atoms with Crippen LogP contribution in [0.15, 0.2) is 0 Å². The van der Waals surface area contributed by atoms with Crippen LogP contribution in [0.2, 0.25) is 0 Å². The zero-order valence-corrected chi connectivity index (χ0v) is 12.1. The van der Waals surface area contributed by atoms with Crippen molar-refractivity contribution in [2.45, 2.75) is 52.4 Å². The number of alkyl halides is 1. The number of hydrogen-bond acceptors (Lipinski definition) is 1. The average molecular weight is 259 g/mol. The second kappa shape index (κ2) is 5.93. The van der Waals surface area contributed by atoms with Crippen LogP contribution in [-0.4, -0.2) is 19.1 Å². The third-order valence-corrected chi connectivity index (χ3v) is 5.48. The fourth-order valence-electron chi connectivity index (χ4n) is 3.79. The lowest BCUT2D eigenvalue weighted by Crippen LogP contribution is -2.31. The van der Waals surface area contributed by atoms with Gasteiger partial charge in [-0.25, -0.2) is 0 Å². The molecule has 0 N–H and O–H groups in total. The molecule has 0 heterocycles. The van der Waals surface area contributed by atoms with Gasteiger partial charge in [0.05, 0.1) is 0 Å². The first-order chi connectivity index (χ1) is 8.16. The Morgan fingerprint density at radius 3 is 2.65 bits per heavy atom. The molecule has 0 aromatic heterocycles. The predicted octanol–water partition coefficient (Wildman–Crippen LogP) is 4.48. The van der Waals surface area contributed by atoms with Crippen LogP contribution in [0, 0.1) is 23.2 Å². The topological polar surface area (TPSA) is 9.23 Å². The lowest BCUT2D eigenvalue weighted by molar-refractivity contribution is 0.0705. The third-order valence-electron chi connectivity index (χ3n) is 4.95. The standard InChI is InChI=1S/C15H27ClO/c1-12(2)5-7-17-8-6-15(11-16)10-13-3-4-14(15)9-13/h12-14H,3-11H2,1-2H3. The van der Waals surface area contributed by atoms with Crippen molar-refractivity contribution in [3.8, 4) is 0 Å². The fourth-order valence-corrected chi connectivity index (χ4v) is 4.25. The second-order valence-corrected chi connectivity index (χ2v) is 6.89. The Bertz CT molecular complexity index is 241. The molecule has 2 fully saturated rings. The van der Waals surface area contributed by atoms with Gasteiger partial charge in [0.2, 0.25) is 0 Å². The van der Waals surface area contributed by atoms with Crippen molar-refractivity contribution in [3.05, 3.63) is 0 Å². The van der Waals surface area contributed by atoms with Gasteiger partial charge in [-0.1, -0.05) is 20.3 Å². The molecule has 2 heteroatoms. The van der Waals surface area contributed by atoms with Gasteiger partial charge in [-0.15, -0.1) is 11.6 Å². The molecule has 100 valence electrons. The summed E-state index contributed by atoms with van der Waals surface area (Å²) >= 11 is 6.27. The summed E-state index contributed by atoms with van der Waals surface area (Å²) < 4.78 is 5.78. The minimum Gasteiger partial charge on any atom is -0.381 e. The highest BCUT2D eigenvalue weighted by atomic mass is 35.5. The lowest BCUT2D eigenvalue weighted by atomic mass is 9.72. The Balaban J connectivity index is 1.70. The Morgan fingerprint density at radius 1 is 1.29 bits per heavy atom. The van der Waals surface area contributed by atoms with Gasteiger partial charge in [0.15, 0.2) is 0 Å². The molecule has 2 aliphatic carbocycles. The molecule has 2 bridgehead atoms. The van der Waals surface area contributed by atoms with Gasteiger partial charge in [-0.3, -0.25) is 0 Å². The summed E-state index contributed by atoms with van der Waals surface area (Å²) in [7, 11) is 0. The zero-order chi connectivity index (χ0) is 12.3. The summed E-state index contributed by atoms with van der Waals surface area (Å²) in [5.41, 5.74) is 0.433. The predicted molar refractivity (Wildman–Crippen MR) is 73.5 cm³/mol. The Labute approximate surface area is 111 Å². The van der Waals surface area contributed by atoms with Gasteiger partial charge in [-0.05, 0) is 55.3 Å². The molecule has 0 amide bonds. The van der Waals surface area contributed by atoms with Crippen LogP contribution in [0.5, 0.6) is 0 Å². The van der Waals surface area contributed by atoms with Crippen molar-refractivity contribution in [1.82, 2.24) is 0 Å². The normalized spacial score (nSPS) is 36.0. The van der Waals surface area contributed by atoms with Gasteiger partial charge >= 0.3 is 0 Å². The molecule has 0 saturated heterocycles. The number of hydrogen-bond donors (Lipinski definition) is 0. The summed E-state index contributed by atoms with van der Waals surface area (Å²) in [6, 6.07) is 0. The van der Waals surface area contributed by atoms with E-state index >= 15 is 0 Å². The van der Waals surface area contributed by atoms with E-state index in [9.17, 15) is 0 Å². The highest BCUT2D eigenvalue weighted by Crippen LogP contribution is 2.58. The molecule has 3 unspecified atom stereocenters. The van der Waals surface area contributed by atoms with E-state index in [2.05, 4.69) is 13.8 Å². The van der Waals surface area contributed by atoms with Crippen LogP contribution < -0.4 is 0 Å². The molecule has 2 saturated carbocycles. The van der Waals surface area contributed by atoms with E-state index in [0.29, 0.717) is 5.41 Å². The van der Waals surface area contributed by atoms with E-state index in [1.165, 1.54) is 38.5 Å². The molecule has 1 nitrogen and oxygen atoms in total. The molecule has 0 aliphatic heterocycles. The highest BCUT2D eigenvalue weighted by Gasteiger charge is 2.49. The summed E-state index contributed by atoms with van der Waals surface area (Å²) in [6.07, 6.45) is 8.06. The van der Waals surface area contributed by atoms with E-state index in [4.69, 9.17) is 16.3 Å². The van der Waals surface area contributed by atoms with Gasteiger partial charge in [-0.2, -0.15) is 0 Å². The largest absolute Gasteiger partial charge is 0.381 e. The fraction of sp³-hybridized carbons (Fsp3) is 1.00. The molecule has 17 heavy (non-hydrogen) atoms. The van der Waals surface area contributed by atoms with Crippen molar-refractivity contribution in [1.29, 1.82) is 0 Å². The van der Waals surface area contributed by atoms with E-state index in [1.54, 1.807) is 0 Å². The number of rotatable bonds is 7. The monoisotopic (exact) mass is 258 g/mol. The SMILES string of the molecule is CC(C)CCOCCC1(CCl)CC2CCC1C2. The molecular formula is C15H27ClO. The first-order valence-corrected chi connectivity index (χ1v) is 7.83. The molecule has 0 aromatic rings. The van der Waals surface area contributed by atoms with Crippen LogP contribution in [0.4, 0.5) is 0 Å². The maximum absolute atomic E-state index is 6.27. The van der Waals surface area contributed by atoms with Crippen LogP contribution in [-0.2, 0) is 4.74 Å². The van der Waals surface area contributed by atoms with E-state index in [-0.39, 0.29) is 0 Å².